The van der Waals surface area contributed by atoms with Crippen molar-refractivity contribution in [2.24, 2.45) is 0 Å². The molecule has 7 nitrogen and oxygen atoms in total. The molecule has 2 aromatic heterocycles. The fourth-order valence-corrected chi connectivity index (χ4v) is 3.91. The number of hydrogen-bond donors (Lipinski definition) is 1. The summed E-state index contributed by atoms with van der Waals surface area (Å²) in [6, 6.07) is 8.00. The smallest absolute Gasteiger partial charge is 0.276 e. The van der Waals surface area contributed by atoms with Gasteiger partial charge in [-0.25, -0.2) is 9.50 Å². The molecule has 1 aliphatic rings. The lowest BCUT2D eigenvalue weighted by Gasteiger charge is -2.21. The number of nitrogens with one attached hydrogen (secondary N) is 1. The summed E-state index contributed by atoms with van der Waals surface area (Å²) in [4.78, 5) is 20.0. The van der Waals surface area contributed by atoms with Crippen LogP contribution in [0.2, 0.25) is 0 Å². The molecular weight excluding hydrogens is 404 g/mol. The highest BCUT2D eigenvalue weighted by Crippen LogP contribution is 2.29. The largest absolute Gasteiger partial charge is 0.493 e. The molecule has 0 amide bonds. The van der Waals surface area contributed by atoms with Crippen molar-refractivity contribution in [3.05, 3.63) is 57.1 Å². The molecular formula is C22H29ClN4O3. The van der Waals surface area contributed by atoms with Gasteiger partial charge in [0.05, 0.1) is 18.9 Å². The van der Waals surface area contributed by atoms with Crippen LogP contribution in [0.3, 0.4) is 0 Å². The summed E-state index contributed by atoms with van der Waals surface area (Å²) in [6.45, 7) is 8.44. The van der Waals surface area contributed by atoms with Gasteiger partial charge in [-0.05, 0) is 44.9 Å². The Kier molecular flexibility index (Phi) is 6.73. The highest BCUT2D eigenvalue weighted by atomic mass is 35.5. The van der Waals surface area contributed by atoms with Gasteiger partial charge in [0, 0.05) is 43.4 Å². The zero-order valence-electron chi connectivity index (χ0n) is 17.9. The lowest BCUT2D eigenvalue weighted by molar-refractivity contribution is 0.228. The number of fused-ring (bicyclic) bond motifs is 2. The van der Waals surface area contributed by atoms with Crippen LogP contribution < -0.4 is 15.0 Å². The molecule has 0 spiro atoms. The van der Waals surface area contributed by atoms with Crippen LogP contribution in [0.4, 0.5) is 0 Å². The van der Waals surface area contributed by atoms with Crippen LogP contribution in [0.1, 0.15) is 36.4 Å². The van der Waals surface area contributed by atoms with Crippen molar-refractivity contribution in [3.63, 3.8) is 0 Å². The number of aryl methyl sites for hydroxylation is 1. The molecule has 30 heavy (non-hydrogen) atoms. The van der Waals surface area contributed by atoms with Crippen LogP contribution in [-0.4, -0.2) is 45.8 Å². The second kappa shape index (κ2) is 9.10. The Morgan fingerprint density at radius 2 is 1.93 bits per heavy atom. The van der Waals surface area contributed by atoms with Gasteiger partial charge in [0.1, 0.15) is 0 Å². The molecule has 0 atom stereocenters. The molecule has 162 valence electrons. The van der Waals surface area contributed by atoms with Crippen LogP contribution in [0.25, 0.3) is 5.65 Å². The third-order valence-corrected chi connectivity index (χ3v) is 5.26. The Morgan fingerprint density at radius 3 is 2.67 bits per heavy atom. The van der Waals surface area contributed by atoms with Crippen molar-refractivity contribution < 1.29 is 9.47 Å². The van der Waals surface area contributed by atoms with Gasteiger partial charge in [0.25, 0.3) is 5.56 Å². The molecule has 1 aromatic carbocycles. The first kappa shape index (κ1) is 22.2. The van der Waals surface area contributed by atoms with Crippen LogP contribution >= 0.6 is 12.4 Å². The Labute approximate surface area is 182 Å². The number of benzene rings is 1. The summed E-state index contributed by atoms with van der Waals surface area (Å²) in [5, 5.41) is 3.08. The minimum atomic E-state index is 0. The molecule has 0 bridgehead atoms. The number of methoxy groups -OCH3 is 1. The standard InChI is InChI=1S/C22H28N4O3.ClH/c1-14(2)29-20-12-16(5-6-19(20)28-4)13-25-9-7-17-18(8-10-25)23-21-11-15(3)24-26(21)22(17)27;/h5-6,11-12,14,24H,7-10,13H2,1-4H3;1H. The van der Waals surface area contributed by atoms with E-state index in [9.17, 15) is 4.79 Å². The third kappa shape index (κ3) is 4.47. The first-order valence-corrected chi connectivity index (χ1v) is 10.1. The van der Waals surface area contributed by atoms with E-state index in [0.717, 1.165) is 54.5 Å². The van der Waals surface area contributed by atoms with Gasteiger partial charge in [-0.1, -0.05) is 6.07 Å². The van der Waals surface area contributed by atoms with Crippen LogP contribution in [0.5, 0.6) is 11.5 Å². The predicted molar refractivity (Wildman–Crippen MR) is 119 cm³/mol. The van der Waals surface area contributed by atoms with Gasteiger partial charge in [-0.3, -0.25) is 14.8 Å². The molecule has 0 radical (unpaired) electrons. The van der Waals surface area contributed by atoms with Crippen LogP contribution in [0, 0.1) is 6.92 Å². The SMILES string of the molecule is COc1ccc(CN2CCc3nc4cc(C)[nH]n4c(=O)c3CC2)cc1OC(C)C.Cl. The summed E-state index contributed by atoms with van der Waals surface area (Å²) in [7, 11) is 1.66. The summed E-state index contributed by atoms with van der Waals surface area (Å²) in [5.41, 5.74) is 4.58. The molecule has 3 heterocycles. The molecule has 0 aliphatic carbocycles. The van der Waals surface area contributed by atoms with Crippen molar-refractivity contribution in [2.75, 3.05) is 20.2 Å². The monoisotopic (exact) mass is 432 g/mol. The topological polar surface area (TPSA) is 71.9 Å². The molecule has 0 fully saturated rings. The Balaban J connectivity index is 0.00000256. The number of rotatable bonds is 5. The van der Waals surface area contributed by atoms with Gasteiger partial charge < -0.3 is 9.47 Å². The van der Waals surface area contributed by atoms with Crippen LogP contribution in [0.15, 0.2) is 29.1 Å². The minimum absolute atomic E-state index is 0. The van der Waals surface area contributed by atoms with E-state index in [1.807, 2.05) is 32.9 Å². The normalized spacial score (nSPS) is 14.3. The fraction of sp³-hybridized carbons (Fsp3) is 0.455. The van der Waals surface area contributed by atoms with E-state index in [0.29, 0.717) is 12.1 Å². The zero-order valence-corrected chi connectivity index (χ0v) is 18.7. The number of hydrogen-bond acceptors (Lipinski definition) is 5. The summed E-state index contributed by atoms with van der Waals surface area (Å²) in [6.07, 6.45) is 1.56. The van der Waals surface area contributed by atoms with Crippen molar-refractivity contribution >= 4 is 18.1 Å². The third-order valence-electron chi connectivity index (χ3n) is 5.26. The van der Waals surface area contributed by atoms with E-state index in [4.69, 9.17) is 14.5 Å². The summed E-state index contributed by atoms with van der Waals surface area (Å²) in [5.74, 6) is 1.51. The first-order valence-electron chi connectivity index (χ1n) is 10.1. The first-order chi connectivity index (χ1) is 13.9. The Bertz CT molecular complexity index is 1090. The zero-order chi connectivity index (χ0) is 20.5. The number of aromatic nitrogens is 3. The summed E-state index contributed by atoms with van der Waals surface area (Å²) >= 11 is 0. The quantitative estimate of drug-likeness (QED) is 0.670. The van der Waals surface area contributed by atoms with Crippen molar-refractivity contribution in [1.82, 2.24) is 19.5 Å². The molecule has 8 heteroatoms. The van der Waals surface area contributed by atoms with E-state index < -0.39 is 0 Å². The minimum Gasteiger partial charge on any atom is -0.493 e. The fourth-order valence-electron chi connectivity index (χ4n) is 3.91. The average molecular weight is 433 g/mol. The molecule has 4 rings (SSSR count). The average Bonchev–Trinajstić information content (AvgIpc) is 2.93. The molecule has 0 unspecified atom stereocenters. The highest BCUT2D eigenvalue weighted by Gasteiger charge is 2.20. The Morgan fingerprint density at radius 1 is 1.17 bits per heavy atom. The maximum absolute atomic E-state index is 12.9. The van der Waals surface area contributed by atoms with Crippen molar-refractivity contribution in [1.29, 1.82) is 0 Å². The van der Waals surface area contributed by atoms with Gasteiger partial charge in [-0.2, -0.15) is 0 Å². The van der Waals surface area contributed by atoms with E-state index in [1.165, 1.54) is 5.56 Å². The van der Waals surface area contributed by atoms with Gasteiger partial charge in [0.2, 0.25) is 0 Å². The second-order valence-electron chi connectivity index (χ2n) is 7.90. The van der Waals surface area contributed by atoms with E-state index in [2.05, 4.69) is 22.1 Å². The molecule has 0 saturated carbocycles. The molecule has 0 saturated heterocycles. The number of ether oxygens (including phenoxy) is 2. The van der Waals surface area contributed by atoms with Crippen molar-refractivity contribution in [3.8, 4) is 11.5 Å². The maximum Gasteiger partial charge on any atom is 0.276 e. The van der Waals surface area contributed by atoms with Crippen LogP contribution in [-0.2, 0) is 19.4 Å². The predicted octanol–water partition coefficient (Wildman–Crippen LogP) is 3.15. The van der Waals surface area contributed by atoms with E-state index in [-0.39, 0.29) is 24.1 Å². The number of halogens is 1. The lowest BCUT2D eigenvalue weighted by atomic mass is 10.1. The maximum atomic E-state index is 12.9. The number of aromatic amines is 1. The number of nitrogens with zero attached hydrogens (tertiary/aromatic N) is 3. The van der Waals surface area contributed by atoms with E-state index >= 15 is 0 Å². The molecule has 3 aromatic rings. The van der Waals surface area contributed by atoms with Crippen molar-refractivity contribution in [2.45, 2.75) is 46.3 Å². The van der Waals surface area contributed by atoms with Gasteiger partial charge in [0.15, 0.2) is 17.1 Å². The second-order valence-corrected chi connectivity index (χ2v) is 7.90. The lowest BCUT2D eigenvalue weighted by Crippen LogP contribution is -2.26. The Hall–Kier alpha value is -2.51. The highest BCUT2D eigenvalue weighted by molar-refractivity contribution is 5.85. The molecule has 1 aliphatic heterocycles. The summed E-state index contributed by atoms with van der Waals surface area (Å²) < 4.78 is 12.9. The van der Waals surface area contributed by atoms with Gasteiger partial charge >= 0.3 is 0 Å². The molecule has 1 N–H and O–H groups in total. The number of H-pyrrole nitrogens is 1. The van der Waals surface area contributed by atoms with Gasteiger partial charge in [-0.15, -0.1) is 12.4 Å². The van der Waals surface area contributed by atoms with E-state index in [1.54, 1.807) is 11.6 Å².